The average Bonchev–Trinajstić information content (AvgIpc) is 2.88. The van der Waals surface area contributed by atoms with Gasteiger partial charge in [-0.2, -0.15) is 0 Å². The SMILES string of the molecule is COC(=O)C1CC(=O)N(c2cc(OC)ccc2NC(C)=O)C1. The predicted molar refractivity (Wildman–Crippen MR) is 79.8 cm³/mol. The number of nitrogens with one attached hydrogen (secondary N) is 1. The van der Waals surface area contributed by atoms with E-state index in [-0.39, 0.29) is 24.8 Å². The summed E-state index contributed by atoms with van der Waals surface area (Å²) >= 11 is 0. The Morgan fingerprint density at radius 2 is 2.05 bits per heavy atom. The Hall–Kier alpha value is -2.57. The Morgan fingerprint density at radius 3 is 2.64 bits per heavy atom. The highest BCUT2D eigenvalue weighted by Crippen LogP contribution is 2.34. The lowest BCUT2D eigenvalue weighted by molar-refractivity contribution is -0.145. The lowest BCUT2D eigenvalue weighted by atomic mass is 10.1. The molecule has 1 heterocycles. The number of nitrogens with zero attached hydrogens (tertiary/aromatic N) is 1. The second-order valence-electron chi connectivity index (χ2n) is 4.99. The molecule has 1 aliphatic heterocycles. The van der Waals surface area contributed by atoms with Gasteiger partial charge >= 0.3 is 5.97 Å². The molecule has 0 aromatic heterocycles. The molecule has 0 aliphatic carbocycles. The van der Waals surface area contributed by atoms with Crippen molar-refractivity contribution in [2.45, 2.75) is 13.3 Å². The van der Waals surface area contributed by atoms with Gasteiger partial charge in [0.25, 0.3) is 0 Å². The number of esters is 1. The molecule has 2 amide bonds. The molecule has 1 aromatic rings. The summed E-state index contributed by atoms with van der Waals surface area (Å²) in [6, 6.07) is 5.00. The summed E-state index contributed by atoms with van der Waals surface area (Å²) in [5.74, 6) is -0.815. The third kappa shape index (κ3) is 3.19. The molecule has 7 nitrogen and oxygen atoms in total. The van der Waals surface area contributed by atoms with Crippen LogP contribution in [0.3, 0.4) is 0 Å². The van der Waals surface area contributed by atoms with E-state index in [1.165, 1.54) is 26.0 Å². The quantitative estimate of drug-likeness (QED) is 0.844. The van der Waals surface area contributed by atoms with E-state index in [1.54, 1.807) is 18.2 Å². The van der Waals surface area contributed by atoms with Gasteiger partial charge in [0.2, 0.25) is 11.8 Å². The van der Waals surface area contributed by atoms with Gasteiger partial charge in [0.05, 0.1) is 31.5 Å². The van der Waals surface area contributed by atoms with Crippen LogP contribution in [0, 0.1) is 5.92 Å². The monoisotopic (exact) mass is 306 g/mol. The Kier molecular flexibility index (Phi) is 4.65. The van der Waals surface area contributed by atoms with E-state index in [0.717, 1.165) is 0 Å². The maximum Gasteiger partial charge on any atom is 0.311 e. The van der Waals surface area contributed by atoms with Crippen molar-refractivity contribution in [3.8, 4) is 5.75 Å². The summed E-state index contributed by atoms with van der Waals surface area (Å²) in [5.41, 5.74) is 0.998. The smallest absolute Gasteiger partial charge is 0.311 e. The number of rotatable bonds is 4. The number of hydrogen-bond donors (Lipinski definition) is 1. The first-order valence-corrected chi connectivity index (χ1v) is 6.80. The van der Waals surface area contributed by atoms with E-state index in [0.29, 0.717) is 17.1 Å². The van der Waals surface area contributed by atoms with Gasteiger partial charge in [-0.1, -0.05) is 0 Å². The Balaban J connectivity index is 2.35. The van der Waals surface area contributed by atoms with Crippen LogP contribution >= 0.6 is 0 Å². The summed E-state index contributed by atoms with van der Waals surface area (Å²) in [5, 5.41) is 2.68. The first-order chi connectivity index (χ1) is 10.5. The molecule has 0 spiro atoms. The summed E-state index contributed by atoms with van der Waals surface area (Å²) in [6.45, 7) is 1.60. The summed E-state index contributed by atoms with van der Waals surface area (Å²) in [6.07, 6.45) is 0.0867. The highest BCUT2D eigenvalue weighted by Gasteiger charge is 2.36. The lowest BCUT2D eigenvalue weighted by Gasteiger charge is -2.21. The van der Waals surface area contributed by atoms with Crippen LogP contribution < -0.4 is 15.0 Å². The number of carbonyl (C=O) groups excluding carboxylic acids is 3. The van der Waals surface area contributed by atoms with Crippen molar-refractivity contribution in [1.82, 2.24) is 0 Å². The Morgan fingerprint density at radius 1 is 1.32 bits per heavy atom. The van der Waals surface area contributed by atoms with Gasteiger partial charge in [0.1, 0.15) is 5.75 Å². The van der Waals surface area contributed by atoms with Gasteiger partial charge in [0, 0.05) is 26.0 Å². The second-order valence-corrected chi connectivity index (χ2v) is 4.99. The standard InChI is InChI=1S/C15H18N2O5/c1-9(18)16-12-5-4-11(21-2)7-13(12)17-8-10(6-14(17)19)15(20)22-3/h4-5,7,10H,6,8H2,1-3H3,(H,16,18). The Bertz CT molecular complexity index is 614. The molecular weight excluding hydrogens is 288 g/mol. The van der Waals surface area contributed by atoms with Crippen LogP contribution in [-0.2, 0) is 19.1 Å². The van der Waals surface area contributed by atoms with Crippen molar-refractivity contribution >= 4 is 29.2 Å². The van der Waals surface area contributed by atoms with Crippen molar-refractivity contribution in [3.63, 3.8) is 0 Å². The molecule has 1 saturated heterocycles. The first kappa shape index (κ1) is 15.8. The van der Waals surface area contributed by atoms with Crippen molar-refractivity contribution < 1.29 is 23.9 Å². The predicted octanol–water partition coefficient (Wildman–Crippen LogP) is 1.18. The first-order valence-electron chi connectivity index (χ1n) is 6.80. The molecule has 22 heavy (non-hydrogen) atoms. The fourth-order valence-electron chi connectivity index (χ4n) is 2.42. The van der Waals surface area contributed by atoms with Gasteiger partial charge in [0.15, 0.2) is 0 Å². The zero-order valence-electron chi connectivity index (χ0n) is 12.7. The van der Waals surface area contributed by atoms with Crippen molar-refractivity contribution in [3.05, 3.63) is 18.2 Å². The summed E-state index contributed by atoms with van der Waals surface area (Å²) in [4.78, 5) is 36.6. The molecule has 7 heteroatoms. The van der Waals surface area contributed by atoms with E-state index in [9.17, 15) is 14.4 Å². The van der Waals surface area contributed by atoms with E-state index in [2.05, 4.69) is 5.32 Å². The molecule has 0 bridgehead atoms. The summed E-state index contributed by atoms with van der Waals surface area (Å²) in [7, 11) is 2.81. The fourth-order valence-corrected chi connectivity index (χ4v) is 2.42. The van der Waals surface area contributed by atoms with Gasteiger partial charge in [-0.15, -0.1) is 0 Å². The van der Waals surface area contributed by atoms with E-state index in [4.69, 9.17) is 9.47 Å². The number of amides is 2. The number of ether oxygens (including phenoxy) is 2. The molecule has 2 rings (SSSR count). The highest BCUT2D eigenvalue weighted by atomic mass is 16.5. The van der Waals surface area contributed by atoms with Gasteiger partial charge < -0.3 is 19.7 Å². The van der Waals surface area contributed by atoms with Crippen LogP contribution in [0.25, 0.3) is 0 Å². The van der Waals surface area contributed by atoms with Gasteiger partial charge in [-0.3, -0.25) is 14.4 Å². The van der Waals surface area contributed by atoms with Crippen LogP contribution in [0.1, 0.15) is 13.3 Å². The lowest BCUT2D eigenvalue weighted by Crippen LogP contribution is -2.27. The zero-order chi connectivity index (χ0) is 16.3. The molecule has 1 unspecified atom stereocenters. The highest BCUT2D eigenvalue weighted by molar-refractivity contribution is 6.04. The molecule has 0 radical (unpaired) electrons. The maximum absolute atomic E-state index is 12.2. The normalized spacial score (nSPS) is 17.3. The van der Waals surface area contributed by atoms with Crippen molar-refractivity contribution in [2.75, 3.05) is 31.0 Å². The van der Waals surface area contributed by atoms with Crippen molar-refractivity contribution in [2.24, 2.45) is 5.92 Å². The van der Waals surface area contributed by atoms with Crippen LogP contribution in [0.2, 0.25) is 0 Å². The van der Waals surface area contributed by atoms with Gasteiger partial charge in [-0.05, 0) is 12.1 Å². The van der Waals surface area contributed by atoms with E-state index < -0.39 is 11.9 Å². The Labute approximate surface area is 128 Å². The molecule has 1 N–H and O–H groups in total. The molecule has 1 aromatic carbocycles. The number of anilines is 2. The topological polar surface area (TPSA) is 84.9 Å². The fraction of sp³-hybridized carbons (Fsp3) is 0.400. The van der Waals surface area contributed by atoms with Crippen LogP contribution in [-0.4, -0.2) is 38.5 Å². The second kappa shape index (κ2) is 6.46. The average molecular weight is 306 g/mol. The molecule has 118 valence electrons. The van der Waals surface area contributed by atoms with Crippen LogP contribution in [0.4, 0.5) is 11.4 Å². The minimum atomic E-state index is -0.506. The minimum Gasteiger partial charge on any atom is -0.497 e. The summed E-state index contributed by atoms with van der Waals surface area (Å²) < 4.78 is 9.86. The molecule has 0 saturated carbocycles. The number of methoxy groups -OCH3 is 2. The third-order valence-corrected chi connectivity index (χ3v) is 3.47. The van der Waals surface area contributed by atoms with Crippen molar-refractivity contribution in [1.29, 1.82) is 0 Å². The van der Waals surface area contributed by atoms with Crippen LogP contribution in [0.5, 0.6) is 5.75 Å². The number of carbonyl (C=O) groups is 3. The molecular formula is C15H18N2O5. The van der Waals surface area contributed by atoms with Gasteiger partial charge in [-0.25, -0.2) is 0 Å². The number of benzene rings is 1. The molecule has 1 aliphatic rings. The number of hydrogen-bond acceptors (Lipinski definition) is 5. The maximum atomic E-state index is 12.2. The molecule has 1 fully saturated rings. The van der Waals surface area contributed by atoms with E-state index >= 15 is 0 Å². The van der Waals surface area contributed by atoms with Crippen LogP contribution in [0.15, 0.2) is 18.2 Å². The van der Waals surface area contributed by atoms with E-state index in [1.807, 2.05) is 0 Å². The minimum absolute atomic E-state index is 0.0867. The third-order valence-electron chi connectivity index (χ3n) is 3.47. The largest absolute Gasteiger partial charge is 0.497 e. The molecule has 1 atom stereocenters. The zero-order valence-corrected chi connectivity index (χ0v) is 12.7.